The summed E-state index contributed by atoms with van der Waals surface area (Å²) in [6.45, 7) is 2.80. The Kier molecular flexibility index (Phi) is 6.41. The number of fused-ring (bicyclic) bond motifs is 1. The van der Waals surface area contributed by atoms with Crippen molar-refractivity contribution >= 4 is 11.9 Å². The van der Waals surface area contributed by atoms with Crippen LogP contribution in [0.25, 0.3) is 0 Å². The quantitative estimate of drug-likeness (QED) is 0.513. The Labute approximate surface area is 190 Å². The zero-order valence-electron chi connectivity index (χ0n) is 18.1. The maximum Gasteiger partial charge on any atom is 0.344 e. The minimum atomic E-state index is -0.711. The molecule has 0 radical (unpaired) electrons. The molecule has 4 rings (SSSR count). The van der Waals surface area contributed by atoms with Gasteiger partial charge in [0, 0.05) is 19.6 Å². The Hall–Kier alpha value is -4.12. The van der Waals surface area contributed by atoms with E-state index in [1.54, 1.807) is 24.0 Å². The zero-order valence-corrected chi connectivity index (χ0v) is 18.1. The SMILES string of the molecule is CCOC(=O)c1c(OCc2ccccc2)c2n(c1C#N)CCN(Cc1ccc(F)cc1)C2=O. The topological polar surface area (TPSA) is 84.6 Å². The van der Waals surface area contributed by atoms with Crippen molar-refractivity contribution in [3.63, 3.8) is 0 Å². The lowest BCUT2D eigenvalue weighted by Gasteiger charge is -2.29. The molecule has 0 atom stereocenters. The lowest BCUT2D eigenvalue weighted by Crippen LogP contribution is -2.40. The number of rotatable bonds is 7. The number of esters is 1. The molecule has 0 bridgehead atoms. The molecule has 0 saturated heterocycles. The highest BCUT2D eigenvalue weighted by molar-refractivity contribution is 6.04. The van der Waals surface area contributed by atoms with E-state index in [4.69, 9.17) is 9.47 Å². The lowest BCUT2D eigenvalue weighted by molar-refractivity contribution is 0.0521. The van der Waals surface area contributed by atoms with Gasteiger partial charge in [0.25, 0.3) is 5.91 Å². The van der Waals surface area contributed by atoms with Crippen LogP contribution in [0, 0.1) is 17.1 Å². The second-order valence-corrected chi connectivity index (χ2v) is 7.51. The molecule has 0 aliphatic carbocycles. The average Bonchev–Trinajstić information content (AvgIpc) is 3.16. The number of carbonyl (C=O) groups is 2. The van der Waals surface area contributed by atoms with E-state index in [2.05, 4.69) is 0 Å². The predicted molar refractivity (Wildman–Crippen MR) is 117 cm³/mol. The molecule has 0 unspecified atom stereocenters. The number of hydrogen-bond donors (Lipinski definition) is 0. The van der Waals surface area contributed by atoms with Gasteiger partial charge in [-0.05, 0) is 30.2 Å². The Morgan fingerprint density at radius 2 is 1.82 bits per heavy atom. The minimum Gasteiger partial charge on any atom is -0.485 e. The summed E-state index contributed by atoms with van der Waals surface area (Å²) in [4.78, 5) is 27.8. The van der Waals surface area contributed by atoms with Crippen molar-refractivity contribution in [2.75, 3.05) is 13.2 Å². The third-order valence-corrected chi connectivity index (χ3v) is 5.40. The lowest BCUT2D eigenvalue weighted by atomic mass is 10.1. The number of nitrogens with zero attached hydrogens (tertiary/aromatic N) is 3. The molecule has 1 aliphatic heterocycles. The van der Waals surface area contributed by atoms with E-state index < -0.39 is 5.97 Å². The van der Waals surface area contributed by atoms with Crippen LogP contribution < -0.4 is 4.74 Å². The van der Waals surface area contributed by atoms with Gasteiger partial charge in [0.1, 0.15) is 29.8 Å². The predicted octanol–water partition coefficient (Wildman–Crippen LogP) is 3.91. The van der Waals surface area contributed by atoms with Crippen molar-refractivity contribution < 1.29 is 23.5 Å². The number of carbonyl (C=O) groups excluding carboxylic acids is 2. The first-order valence-corrected chi connectivity index (χ1v) is 10.6. The molecular formula is C25H22FN3O4. The highest BCUT2D eigenvalue weighted by atomic mass is 19.1. The monoisotopic (exact) mass is 447 g/mol. The number of halogens is 1. The molecule has 168 valence electrons. The Morgan fingerprint density at radius 1 is 1.09 bits per heavy atom. The first kappa shape index (κ1) is 22.1. The zero-order chi connectivity index (χ0) is 23.4. The molecule has 0 fully saturated rings. The van der Waals surface area contributed by atoms with Gasteiger partial charge in [0.15, 0.2) is 11.4 Å². The third-order valence-electron chi connectivity index (χ3n) is 5.40. The van der Waals surface area contributed by atoms with E-state index in [1.807, 2.05) is 36.4 Å². The fourth-order valence-electron chi connectivity index (χ4n) is 3.84. The number of benzene rings is 2. The van der Waals surface area contributed by atoms with Crippen molar-refractivity contribution in [3.8, 4) is 11.8 Å². The Morgan fingerprint density at radius 3 is 2.48 bits per heavy atom. The van der Waals surface area contributed by atoms with Gasteiger partial charge in [-0.3, -0.25) is 4.79 Å². The number of amides is 1. The highest BCUT2D eigenvalue weighted by Gasteiger charge is 2.37. The molecule has 1 aromatic heterocycles. The van der Waals surface area contributed by atoms with E-state index >= 15 is 0 Å². The number of nitriles is 1. The standard InChI is InChI=1S/C25H22FN3O4/c1-2-32-25(31)21-20(14-27)29-13-12-28(15-17-8-10-19(26)11-9-17)24(30)22(29)23(21)33-16-18-6-4-3-5-7-18/h3-11H,2,12-13,15-16H2,1H3. The van der Waals surface area contributed by atoms with Crippen LogP contribution in [0.5, 0.6) is 5.75 Å². The summed E-state index contributed by atoms with van der Waals surface area (Å²) in [5.41, 5.74) is 1.75. The molecule has 1 aliphatic rings. The molecule has 0 N–H and O–H groups in total. The van der Waals surface area contributed by atoms with Crippen molar-refractivity contribution in [2.24, 2.45) is 0 Å². The molecule has 1 amide bonds. The van der Waals surface area contributed by atoms with Gasteiger partial charge in [-0.25, -0.2) is 9.18 Å². The van der Waals surface area contributed by atoms with Gasteiger partial charge >= 0.3 is 5.97 Å². The minimum absolute atomic E-state index is 0.0396. The van der Waals surface area contributed by atoms with Gasteiger partial charge in [-0.2, -0.15) is 5.26 Å². The van der Waals surface area contributed by atoms with E-state index in [0.29, 0.717) is 13.1 Å². The highest BCUT2D eigenvalue weighted by Crippen LogP contribution is 2.35. The van der Waals surface area contributed by atoms with Crippen LogP contribution in [-0.4, -0.2) is 34.5 Å². The van der Waals surface area contributed by atoms with Gasteiger partial charge in [-0.1, -0.05) is 42.5 Å². The maximum atomic E-state index is 13.5. The number of aromatic nitrogens is 1. The summed E-state index contributed by atoms with van der Waals surface area (Å²) in [6, 6.07) is 17.3. The van der Waals surface area contributed by atoms with Crippen LogP contribution in [0.15, 0.2) is 54.6 Å². The van der Waals surface area contributed by atoms with Gasteiger partial charge in [0.05, 0.1) is 6.61 Å². The molecule has 2 heterocycles. The molecule has 3 aromatic rings. The summed E-state index contributed by atoms with van der Waals surface area (Å²) in [6.07, 6.45) is 0. The summed E-state index contributed by atoms with van der Waals surface area (Å²) in [5.74, 6) is -1.40. The second kappa shape index (κ2) is 9.57. The first-order valence-electron chi connectivity index (χ1n) is 10.6. The summed E-state index contributed by atoms with van der Waals surface area (Å²) < 4.78 is 25.9. The van der Waals surface area contributed by atoms with Crippen LogP contribution >= 0.6 is 0 Å². The molecule has 0 saturated carbocycles. The molecule has 8 heteroatoms. The van der Waals surface area contributed by atoms with Crippen molar-refractivity contribution in [3.05, 3.63) is 88.5 Å². The second-order valence-electron chi connectivity index (χ2n) is 7.51. The molecule has 33 heavy (non-hydrogen) atoms. The average molecular weight is 447 g/mol. The maximum absolute atomic E-state index is 13.5. The van der Waals surface area contributed by atoms with E-state index in [9.17, 15) is 19.2 Å². The largest absolute Gasteiger partial charge is 0.485 e. The smallest absolute Gasteiger partial charge is 0.344 e. The summed E-state index contributed by atoms with van der Waals surface area (Å²) in [5, 5.41) is 9.81. The Balaban J connectivity index is 1.73. The normalized spacial score (nSPS) is 12.8. The first-order chi connectivity index (χ1) is 16.0. The van der Waals surface area contributed by atoms with E-state index in [-0.39, 0.29) is 54.2 Å². The summed E-state index contributed by atoms with van der Waals surface area (Å²) >= 11 is 0. The van der Waals surface area contributed by atoms with Gasteiger partial charge in [0.2, 0.25) is 0 Å². The van der Waals surface area contributed by atoms with Crippen molar-refractivity contribution in [1.29, 1.82) is 5.26 Å². The molecule has 7 nitrogen and oxygen atoms in total. The van der Waals surface area contributed by atoms with E-state index in [1.165, 1.54) is 16.7 Å². The third kappa shape index (κ3) is 4.44. The molecular weight excluding hydrogens is 425 g/mol. The van der Waals surface area contributed by atoms with Crippen LogP contribution in [0.4, 0.5) is 4.39 Å². The Bertz CT molecular complexity index is 1210. The number of ether oxygens (including phenoxy) is 2. The van der Waals surface area contributed by atoms with Crippen LogP contribution in [0.1, 0.15) is 44.6 Å². The summed E-state index contributed by atoms with van der Waals surface area (Å²) in [7, 11) is 0. The van der Waals surface area contributed by atoms with Crippen LogP contribution in [0.3, 0.4) is 0 Å². The van der Waals surface area contributed by atoms with Crippen molar-refractivity contribution in [1.82, 2.24) is 9.47 Å². The number of hydrogen-bond acceptors (Lipinski definition) is 5. The van der Waals surface area contributed by atoms with Crippen LogP contribution in [-0.2, 0) is 24.4 Å². The fourth-order valence-corrected chi connectivity index (χ4v) is 3.84. The molecule has 2 aromatic carbocycles. The fraction of sp³-hybridized carbons (Fsp3) is 0.240. The van der Waals surface area contributed by atoms with Gasteiger partial charge < -0.3 is 18.9 Å². The van der Waals surface area contributed by atoms with Crippen molar-refractivity contribution in [2.45, 2.75) is 26.6 Å². The van der Waals surface area contributed by atoms with Crippen LogP contribution in [0.2, 0.25) is 0 Å². The van der Waals surface area contributed by atoms with Gasteiger partial charge in [-0.15, -0.1) is 0 Å². The molecule has 0 spiro atoms. The van der Waals surface area contributed by atoms with E-state index in [0.717, 1.165) is 11.1 Å².